The van der Waals surface area contributed by atoms with Gasteiger partial charge in [-0.25, -0.2) is 0 Å². The maximum absolute atomic E-state index is 10.2. The van der Waals surface area contributed by atoms with Gasteiger partial charge in [0.15, 0.2) is 0 Å². The van der Waals surface area contributed by atoms with Crippen molar-refractivity contribution in [1.29, 1.82) is 0 Å². The molecular weight excluding hydrogens is 334 g/mol. The molecule has 0 aromatic heterocycles. The van der Waals surface area contributed by atoms with E-state index in [2.05, 4.69) is 0 Å². The molecule has 2 rings (SSSR count). The average Bonchev–Trinajstić information content (AvgIpc) is 2.66. The highest BCUT2D eigenvalue weighted by atomic mass is 16.5. The second-order valence-corrected chi connectivity index (χ2v) is 6.05. The molecule has 6 nitrogen and oxygen atoms in total. The number of hydrogen-bond donors (Lipinski definition) is 2. The summed E-state index contributed by atoms with van der Waals surface area (Å²) in [6.07, 6.45) is -0.589. The van der Waals surface area contributed by atoms with Gasteiger partial charge in [0.05, 0.1) is 13.7 Å². The molecule has 6 heteroatoms. The fourth-order valence-corrected chi connectivity index (χ4v) is 2.51. The normalized spacial score (nSPS) is 12.0. The minimum absolute atomic E-state index is 0.000967. The summed E-state index contributed by atoms with van der Waals surface area (Å²) in [4.78, 5) is 2.03. The van der Waals surface area contributed by atoms with Gasteiger partial charge < -0.3 is 24.4 Å². The molecule has 0 amide bonds. The second-order valence-electron chi connectivity index (χ2n) is 6.05. The third-order valence-corrected chi connectivity index (χ3v) is 3.76. The van der Waals surface area contributed by atoms with Crippen LogP contribution in [0.15, 0.2) is 48.5 Å². The van der Waals surface area contributed by atoms with Crippen LogP contribution in [0, 0.1) is 0 Å². The fourth-order valence-electron chi connectivity index (χ4n) is 2.51. The van der Waals surface area contributed by atoms with E-state index >= 15 is 0 Å². The van der Waals surface area contributed by atoms with E-state index in [-0.39, 0.29) is 13.2 Å². The monoisotopic (exact) mass is 361 g/mol. The molecule has 2 aromatic carbocycles. The summed E-state index contributed by atoms with van der Waals surface area (Å²) < 4.78 is 16.0. The maximum atomic E-state index is 10.2. The number of benzene rings is 2. The lowest BCUT2D eigenvalue weighted by molar-refractivity contribution is 0.0743. The minimum atomic E-state index is -0.589. The summed E-state index contributed by atoms with van der Waals surface area (Å²) in [7, 11) is 3.57. The van der Waals surface area contributed by atoms with E-state index in [1.165, 1.54) is 0 Å². The van der Waals surface area contributed by atoms with Crippen molar-refractivity contribution in [3.8, 4) is 17.2 Å². The van der Waals surface area contributed by atoms with Crippen LogP contribution in [0.5, 0.6) is 17.2 Å². The zero-order valence-electron chi connectivity index (χ0n) is 15.3. The van der Waals surface area contributed by atoms with E-state index in [1.807, 2.05) is 60.5 Å². The van der Waals surface area contributed by atoms with Crippen molar-refractivity contribution in [3.05, 3.63) is 54.1 Å². The molecule has 0 aliphatic heterocycles. The largest absolute Gasteiger partial charge is 0.497 e. The molecule has 2 aromatic rings. The van der Waals surface area contributed by atoms with Gasteiger partial charge in [-0.1, -0.05) is 12.1 Å². The van der Waals surface area contributed by atoms with E-state index in [0.29, 0.717) is 25.4 Å². The second kappa shape index (κ2) is 10.7. The van der Waals surface area contributed by atoms with Crippen LogP contribution in [-0.2, 0) is 6.54 Å². The van der Waals surface area contributed by atoms with Crippen molar-refractivity contribution in [2.24, 2.45) is 0 Å². The lowest BCUT2D eigenvalue weighted by atomic mass is 10.2. The molecule has 0 saturated carbocycles. The van der Waals surface area contributed by atoms with Crippen molar-refractivity contribution in [2.75, 3.05) is 40.5 Å². The molecule has 2 N–H and O–H groups in total. The highest BCUT2D eigenvalue weighted by Crippen LogP contribution is 2.17. The molecule has 142 valence electrons. The van der Waals surface area contributed by atoms with Crippen LogP contribution in [0.1, 0.15) is 5.56 Å². The molecule has 0 saturated heterocycles. The Hall–Kier alpha value is -2.28. The van der Waals surface area contributed by atoms with Gasteiger partial charge in [-0.2, -0.15) is 0 Å². The predicted molar refractivity (Wildman–Crippen MR) is 99.9 cm³/mol. The molecule has 1 unspecified atom stereocenters. The zero-order chi connectivity index (χ0) is 18.8. The smallest absolute Gasteiger partial charge is 0.119 e. The summed E-state index contributed by atoms with van der Waals surface area (Å²) in [6, 6.07) is 15.0. The van der Waals surface area contributed by atoms with Crippen LogP contribution in [0.25, 0.3) is 0 Å². The predicted octanol–water partition coefficient (Wildman–Crippen LogP) is 1.94. The summed E-state index contributed by atoms with van der Waals surface area (Å²) >= 11 is 0. The molecule has 0 heterocycles. The van der Waals surface area contributed by atoms with Crippen LogP contribution in [-0.4, -0.2) is 61.7 Å². The third-order valence-electron chi connectivity index (χ3n) is 3.76. The first-order valence-corrected chi connectivity index (χ1v) is 8.56. The molecule has 0 fully saturated rings. The minimum Gasteiger partial charge on any atom is -0.497 e. The zero-order valence-corrected chi connectivity index (χ0v) is 15.3. The first-order valence-electron chi connectivity index (χ1n) is 8.56. The first kappa shape index (κ1) is 20.0. The molecule has 1 atom stereocenters. The number of likely N-dealkylation sites (N-methyl/N-ethyl adjacent to an activating group) is 1. The summed E-state index contributed by atoms with van der Waals surface area (Å²) in [5.74, 6) is 2.20. The van der Waals surface area contributed by atoms with Gasteiger partial charge in [0.2, 0.25) is 0 Å². The number of aliphatic hydroxyl groups is 2. The number of hydrogen-bond acceptors (Lipinski definition) is 6. The summed E-state index contributed by atoms with van der Waals surface area (Å²) in [6.45, 7) is 1.73. The molecular formula is C20H27NO5. The average molecular weight is 361 g/mol. The lowest BCUT2D eigenvalue weighted by Gasteiger charge is -2.21. The Morgan fingerprint density at radius 3 is 2.12 bits per heavy atom. The van der Waals surface area contributed by atoms with Gasteiger partial charge in [0.1, 0.15) is 36.6 Å². The number of aliphatic hydroxyl groups excluding tert-OH is 2. The van der Waals surface area contributed by atoms with Gasteiger partial charge in [0.25, 0.3) is 0 Å². The fraction of sp³-hybridized carbons (Fsp3) is 0.400. The Balaban J connectivity index is 1.72. The Morgan fingerprint density at radius 2 is 1.50 bits per heavy atom. The van der Waals surface area contributed by atoms with E-state index < -0.39 is 6.10 Å². The van der Waals surface area contributed by atoms with Gasteiger partial charge >= 0.3 is 0 Å². The SMILES string of the molecule is COc1ccc(OCC(O)CN(C)Cc2ccc(OCCO)cc2)cc1. The highest BCUT2D eigenvalue weighted by molar-refractivity contribution is 5.31. The Kier molecular flexibility index (Phi) is 8.21. The standard InChI is InChI=1S/C20H27NO5/c1-21(13-16-3-5-19(6-4-16)25-12-11-22)14-17(23)15-26-20-9-7-18(24-2)8-10-20/h3-10,17,22-23H,11-15H2,1-2H3. The highest BCUT2D eigenvalue weighted by Gasteiger charge is 2.10. The van der Waals surface area contributed by atoms with Crippen molar-refractivity contribution in [1.82, 2.24) is 4.90 Å². The number of nitrogens with zero attached hydrogens (tertiary/aromatic N) is 1. The van der Waals surface area contributed by atoms with E-state index in [4.69, 9.17) is 19.3 Å². The van der Waals surface area contributed by atoms with Crippen molar-refractivity contribution >= 4 is 0 Å². The Morgan fingerprint density at radius 1 is 0.923 bits per heavy atom. The van der Waals surface area contributed by atoms with Crippen molar-refractivity contribution in [3.63, 3.8) is 0 Å². The van der Waals surface area contributed by atoms with Crippen LogP contribution in [0.2, 0.25) is 0 Å². The molecule has 0 aliphatic carbocycles. The molecule has 0 spiro atoms. The number of rotatable bonds is 11. The quantitative estimate of drug-likeness (QED) is 0.637. The van der Waals surface area contributed by atoms with Gasteiger partial charge in [0, 0.05) is 13.1 Å². The molecule has 0 aliphatic rings. The van der Waals surface area contributed by atoms with Gasteiger partial charge in [-0.05, 0) is 49.0 Å². The van der Waals surface area contributed by atoms with Crippen LogP contribution >= 0.6 is 0 Å². The van der Waals surface area contributed by atoms with Gasteiger partial charge in [-0.15, -0.1) is 0 Å². The number of ether oxygens (including phenoxy) is 3. The van der Waals surface area contributed by atoms with Crippen molar-refractivity contribution < 1.29 is 24.4 Å². The van der Waals surface area contributed by atoms with Crippen molar-refractivity contribution in [2.45, 2.75) is 12.6 Å². The third kappa shape index (κ3) is 6.92. The van der Waals surface area contributed by atoms with E-state index in [1.54, 1.807) is 7.11 Å². The maximum Gasteiger partial charge on any atom is 0.119 e. The number of methoxy groups -OCH3 is 1. The Labute approximate surface area is 154 Å². The lowest BCUT2D eigenvalue weighted by Crippen LogP contribution is -2.32. The summed E-state index contributed by atoms with van der Waals surface area (Å²) in [5, 5.41) is 18.9. The first-order chi connectivity index (χ1) is 12.6. The van der Waals surface area contributed by atoms with Crippen LogP contribution in [0.4, 0.5) is 0 Å². The summed E-state index contributed by atoms with van der Waals surface area (Å²) in [5.41, 5.74) is 1.12. The van der Waals surface area contributed by atoms with E-state index in [9.17, 15) is 5.11 Å². The molecule has 0 bridgehead atoms. The molecule has 26 heavy (non-hydrogen) atoms. The van der Waals surface area contributed by atoms with Gasteiger partial charge in [-0.3, -0.25) is 4.90 Å². The van der Waals surface area contributed by atoms with E-state index in [0.717, 1.165) is 17.1 Å². The van der Waals surface area contributed by atoms with Crippen LogP contribution < -0.4 is 14.2 Å². The molecule has 0 radical (unpaired) electrons. The van der Waals surface area contributed by atoms with Crippen LogP contribution in [0.3, 0.4) is 0 Å². The Bertz CT molecular complexity index is 630. The topological polar surface area (TPSA) is 71.4 Å².